The normalized spacial score (nSPS) is 28.6. The zero-order chi connectivity index (χ0) is 15.3. The zero-order valence-electron chi connectivity index (χ0n) is 14.1. The van der Waals surface area contributed by atoms with Gasteiger partial charge in [-0.1, -0.05) is 25.7 Å². The minimum atomic E-state index is 0. The van der Waals surface area contributed by atoms with Crippen molar-refractivity contribution >= 4 is 18.3 Å². The summed E-state index contributed by atoms with van der Waals surface area (Å²) in [5, 5.41) is 6.63. The molecule has 6 heteroatoms. The molecule has 1 atom stereocenters. The Labute approximate surface area is 146 Å². The predicted octanol–water partition coefficient (Wildman–Crippen LogP) is 1.70. The summed E-state index contributed by atoms with van der Waals surface area (Å²) in [6.45, 7) is 5.48. The van der Waals surface area contributed by atoms with Crippen molar-refractivity contribution in [2.75, 3.05) is 39.4 Å². The number of amides is 1. The summed E-state index contributed by atoms with van der Waals surface area (Å²) in [5.41, 5.74) is 0.173. The van der Waals surface area contributed by atoms with Crippen LogP contribution in [0.5, 0.6) is 0 Å². The van der Waals surface area contributed by atoms with Crippen LogP contribution < -0.4 is 10.6 Å². The Hall–Kier alpha value is -0.360. The molecule has 0 aromatic carbocycles. The molecule has 0 aromatic heterocycles. The van der Waals surface area contributed by atoms with E-state index in [1.54, 1.807) is 0 Å². The van der Waals surface area contributed by atoms with Gasteiger partial charge in [-0.2, -0.15) is 0 Å². The molecule has 0 radical (unpaired) electrons. The highest BCUT2D eigenvalue weighted by Gasteiger charge is 2.39. The number of nitrogens with zero attached hydrogens (tertiary/aromatic N) is 1. The number of ether oxygens (including phenoxy) is 1. The molecule has 2 N–H and O–H groups in total. The molecule has 0 aromatic rings. The molecule has 0 spiro atoms. The molecular weight excluding hydrogens is 314 g/mol. The smallest absolute Gasteiger partial charge is 0.237 e. The molecule has 1 aliphatic carbocycles. The summed E-state index contributed by atoms with van der Waals surface area (Å²) >= 11 is 0. The van der Waals surface area contributed by atoms with E-state index < -0.39 is 0 Å². The summed E-state index contributed by atoms with van der Waals surface area (Å²) in [5.74, 6) is 0.206. The average Bonchev–Trinajstić information content (AvgIpc) is 2.62. The molecule has 2 aliphatic heterocycles. The minimum absolute atomic E-state index is 0. The van der Waals surface area contributed by atoms with Crippen LogP contribution in [-0.4, -0.2) is 61.8 Å². The fraction of sp³-hybridized carbons (Fsp3) is 0.941. The molecule has 1 saturated carbocycles. The van der Waals surface area contributed by atoms with Gasteiger partial charge in [0.1, 0.15) is 0 Å². The van der Waals surface area contributed by atoms with E-state index in [4.69, 9.17) is 4.74 Å². The summed E-state index contributed by atoms with van der Waals surface area (Å²) in [7, 11) is 0. The van der Waals surface area contributed by atoms with Crippen molar-refractivity contribution in [1.29, 1.82) is 0 Å². The lowest BCUT2D eigenvalue weighted by Gasteiger charge is -2.48. The van der Waals surface area contributed by atoms with Crippen molar-refractivity contribution in [3.8, 4) is 0 Å². The van der Waals surface area contributed by atoms with Gasteiger partial charge in [-0.25, -0.2) is 0 Å². The molecule has 2 saturated heterocycles. The lowest BCUT2D eigenvalue weighted by atomic mass is 9.79. The Bertz CT molecular complexity index is 363. The Morgan fingerprint density at radius 2 is 1.87 bits per heavy atom. The van der Waals surface area contributed by atoms with Gasteiger partial charge in [-0.3, -0.25) is 9.69 Å². The molecule has 5 nitrogen and oxygen atoms in total. The SMILES string of the molecule is Cl.O=C(NCC1(N2CCOCC2)CCCCC1)C1CCCCN1. The second-order valence-electron chi connectivity index (χ2n) is 7.10. The van der Waals surface area contributed by atoms with Gasteiger partial charge in [0, 0.05) is 25.2 Å². The largest absolute Gasteiger partial charge is 0.379 e. The molecule has 3 fully saturated rings. The Morgan fingerprint density at radius 1 is 1.13 bits per heavy atom. The molecule has 23 heavy (non-hydrogen) atoms. The summed E-state index contributed by atoms with van der Waals surface area (Å²) in [6, 6.07) is 0.0269. The fourth-order valence-electron chi connectivity index (χ4n) is 4.30. The highest BCUT2D eigenvalue weighted by Crippen LogP contribution is 2.33. The van der Waals surface area contributed by atoms with Crippen LogP contribution in [0.2, 0.25) is 0 Å². The lowest BCUT2D eigenvalue weighted by molar-refractivity contribution is -0.125. The second kappa shape index (κ2) is 9.21. The zero-order valence-corrected chi connectivity index (χ0v) is 15.0. The van der Waals surface area contributed by atoms with Crippen molar-refractivity contribution in [1.82, 2.24) is 15.5 Å². The maximum atomic E-state index is 12.4. The number of halogens is 1. The van der Waals surface area contributed by atoms with Crippen molar-refractivity contribution in [2.24, 2.45) is 0 Å². The van der Waals surface area contributed by atoms with Crippen LogP contribution >= 0.6 is 12.4 Å². The van der Waals surface area contributed by atoms with Gasteiger partial charge in [-0.15, -0.1) is 12.4 Å². The summed E-state index contributed by atoms with van der Waals surface area (Å²) in [4.78, 5) is 15.0. The first-order valence-corrected chi connectivity index (χ1v) is 9.14. The van der Waals surface area contributed by atoms with Crippen molar-refractivity contribution in [2.45, 2.75) is 62.9 Å². The van der Waals surface area contributed by atoms with E-state index in [-0.39, 0.29) is 29.9 Å². The number of piperidine rings is 1. The highest BCUT2D eigenvalue weighted by molar-refractivity contribution is 5.85. The Balaban J connectivity index is 0.00000192. The third kappa shape index (κ3) is 4.81. The highest BCUT2D eigenvalue weighted by atomic mass is 35.5. The summed E-state index contributed by atoms with van der Waals surface area (Å²) < 4.78 is 5.52. The lowest BCUT2D eigenvalue weighted by Crippen LogP contribution is -2.61. The van der Waals surface area contributed by atoms with Gasteiger partial charge in [-0.05, 0) is 32.2 Å². The number of carbonyl (C=O) groups is 1. The van der Waals surface area contributed by atoms with Crippen LogP contribution in [0.15, 0.2) is 0 Å². The van der Waals surface area contributed by atoms with Crippen LogP contribution in [-0.2, 0) is 9.53 Å². The number of rotatable bonds is 4. The Kier molecular flexibility index (Phi) is 7.60. The van der Waals surface area contributed by atoms with Crippen LogP contribution in [0, 0.1) is 0 Å². The van der Waals surface area contributed by atoms with E-state index in [0.29, 0.717) is 0 Å². The number of morpholine rings is 1. The predicted molar refractivity (Wildman–Crippen MR) is 94.1 cm³/mol. The number of hydrogen-bond donors (Lipinski definition) is 2. The quantitative estimate of drug-likeness (QED) is 0.814. The van der Waals surface area contributed by atoms with E-state index in [1.165, 1.54) is 44.9 Å². The standard InChI is InChI=1S/C17H31N3O2.ClH/c21-16(15-6-2-5-9-18-15)19-14-17(7-3-1-4-8-17)20-10-12-22-13-11-20;/h15,18H,1-14H2,(H,19,21);1H. The van der Waals surface area contributed by atoms with Gasteiger partial charge >= 0.3 is 0 Å². The summed E-state index contributed by atoms with van der Waals surface area (Å²) in [6.07, 6.45) is 9.68. The van der Waals surface area contributed by atoms with Crippen LogP contribution in [0.3, 0.4) is 0 Å². The minimum Gasteiger partial charge on any atom is -0.379 e. The molecule has 3 aliphatic rings. The van der Waals surface area contributed by atoms with Crippen LogP contribution in [0.4, 0.5) is 0 Å². The topological polar surface area (TPSA) is 53.6 Å². The maximum Gasteiger partial charge on any atom is 0.237 e. The molecule has 3 rings (SSSR count). The van der Waals surface area contributed by atoms with Crippen LogP contribution in [0.25, 0.3) is 0 Å². The molecule has 2 heterocycles. The van der Waals surface area contributed by atoms with Crippen LogP contribution in [0.1, 0.15) is 51.4 Å². The molecular formula is C17H32ClN3O2. The van der Waals surface area contributed by atoms with Gasteiger partial charge in [0.05, 0.1) is 19.3 Å². The van der Waals surface area contributed by atoms with Gasteiger partial charge in [0.25, 0.3) is 0 Å². The van der Waals surface area contributed by atoms with E-state index >= 15 is 0 Å². The van der Waals surface area contributed by atoms with E-state index in [9.17, 15) is 4.79 Å². The number of nitrogens with one attached hydrogen (secondary N) is 2. The van der Waals surface area contributed by atoms with Gasteiger partial charge in [0.15, 0.2) is 0 Å². The molecule has 0 bridgehead atoms. The number of carbonyl (C=O) groups excluding carboxylic acids is 1. The van der Waals surface area contributed by atoms with E-state index in [2.05, 4.69) is 15.5 Å². The first-order chi connectivity index (χ1) is 10.8. The van der Waals surface area contributed by atoms with E-state index in [0.717, 1.165) is 45.8 Å². The van der Waals surface area contributed by atoms with Gasteiger partial charge in [0.2, 0.25) is 5.91 Å². The molecule has 134 valence electrons. The van der Waals surface area contributed by atoms with Gasteiger partial charge < -0.3 is 15.4 Å². The Morgan fingerprint density at radius 3 is 2.52 bits per heavy atom. The maximum absolute atomic E-state index is 12.4. The fourth-order valence-corrected chi connectivity index (χ4v) is 4.30. The third-order valence-electron chi connectivity index (χ3n) is 5.68. The first-order valence-electron chi connectivity index (χ1n) is 9.14. The average molecular weight is 346 g/mol. The number of hydrogen-bond acceptors (Lipinski definition) is 4. The third-order valence-corrected chi connectivity index (χ3v) is 5.68. The monoisotopic (exact) mass is 345 g/mol. The van der Waals surface area contributed by atoms with Crippen molar-refractivity contribution < 1.29 is 9.53 Å². The first kappa shape index (κ1) is 19.0. The molecule has 1 unspecified atom stereocenters. The van der Waals surface area contributed by atoms with Crippen molar-refractivity contribution in [3.05, 3.63) is 0 Å². The van der Waals surface area contributed by atoms with E-state index in [1.807, 2.05) is 0 Å². The second-order valence-corrected chi connectivity index (χ2v) is 7.10. The molecule has 1 amide bonds. The van der Waals surface area contributed by atoms with Crippen molar-refractivity contribution in [3.63, 3.8) is 0 Å².